The third-order valence-corrected chi connectivity index (χ3v) is 5.25. The highest BCUT2D eigenvalue weighted by Crippen LogP contribution is 2.14. The molecule has 184 valence electrons. The summed E-state index contributed by atoms with van der Waals surface area (Å²) in [6.45, 7) is 9.41. The maximum Gasteiger partial charge on any atom is 0.104 e. The molecule has 0 N–H and O–H groups in total. The number of quaternary nitrogens is 2. The van der Waals surface area contributed by atoms with Gasteiger partial charge in [0.1, 0.15) is 6.54 Å². The fourth-order valence-corrected chi connectivity index (χ4v) is 3.57. The highest BCUT2D eigenvalue weighted by Gasteiger charge is 2.14. The first-order valence-electron chi connectivity index (χ1n) is 12.0. The van der Waals surface area contributed by atoms with E-state index in [1.807, 2.05) is 6.08 Å². The van der Waals surface area contributed by atoms with Crippen molar-refractivity contribution < 1.29 is 38.4 Å². The molecule has 1 rings (SSSR count). The van der Waals surface area contributed by atoms with Crippen LogP contribution in [0.3, 0.4) is 0 Å². The lowest BCUT2D eigenvalue weighted by atomic mass is 10.1. The Morgan fingerprint density at radius 2 is 1.19 bits per heavy atom. The smallest absolute Gasteiger partial charge is 0.104 e. The van der Waals surface area contributed by atoms with Gasteiger partial charge in [-0.05, 0) is 18.9 Å². The fraction of sp³-hybridized carbons (Fsp3) is 0.704. The molecule has 2 nitrogen and oxygen atoms in total. The molecule has 0 aliphatic carbocycles. The Kier molecular flexibility index (Phi) is 24.4. The van der Waals surface area contributed by atoms with E-state index in [2.05, 4.69) is 79.1 Å². The lowest BCUT2D eigenvalue weighted by molar-refractivity contribution is -0.903. The van der Waals surface area contributed by atoms with Crippen LogP contribution in [0, 0.1) is 0 Å². The third kappa shape index (κ3) is 25.8. The largest absolute Gasteiger partial charge is 1.00 e. The minimum absolute atomic E-state index is 0. The lowest BCUT2D eigenvalue weighted by Crippen LogP contribution is -3.00. The van der Waals surface area contributed by atoms with Crippen molar-refractivity contribution in [1.82, 2.24) is 0 Å². The van der Waals surface area contributed by atoms with Gasteiger partial charge in [0.05, 0.1) is 48.3 Å². The van der Waals surface area contributed by atoms with Gasteiger partial charge < -0.3 is 38.4 Å². The monoisotopic (exact) mass is 518 g/mol. The molecule has 0 aliphatic heterocycles. The normalized spacial score (nSPS) is 10.9. The zero-order valence-corrected chi connectivity index (χ0v) is 23.9. The molecule has 0 fully saturated rings. The van der Waals surface area contributed by atoms with Crippen LogP contribution >= 0.6 is 0 Å². The van der Waals surface area contributed by atoms with E-state index in [1.54, 1.807) is 0 Å². The molecular weight excluding hydrogens is 468 g/mol. The fourth-order valence-electron chi connectivity index (χ4n) is 3.57. The van der Waals surface area contributed by atoms with Gasteiger partial charge in [-0.3, -0.25) is 0 Å². The predicted octanol–water partition coefficient (Wildman–Crippen LogP) is 1.07. The summed E-state index contributed by atoms with van der Waals surface area (Å²) in [5.74, 6) is 0. The van der Waals surface area contributed by atoms with Crippen LogP contribution in [0.1, 0.15) is 76.7 Å². The van der Waals surface area contributed by atoms with Crippen molar-refractivity contribution in [3.63, 3.8) is 0 Å². The number of halogens is 2. The van der Waals surface area contributed by atoms with Crippen molar-refractivity contribution in [1.29, 1.82) is 0 Å². The molecule has 0 unspecified atom stereocenters. The molecule has 0 radical (unpaired) electrons. The number of rotatable bonds is 15. The summed E-state index contributed by atoms with van der Waals surface area (Å²) in [5, 5.41) is 0. The summed E-state index contributed by atoms with van der Waals surface area (Å²) in [6, 6.07) is 10.9. The highest BCUT2D eigenvalue weighted by molar-refractivity contribution is 5.13. The standard InChI is InChI=1S/C21H38N.C6H14N.BrH.ClH/c1-4-5-6-7-8-9-10-11-12-16-19-22(2,3)20-21-17-14-13-15-18-21;1-5-6-7(2,3)4;;/h13-15,17-18H,4-12,16,19-20H2,1-3H3;5H,1,6H2,2-4H3;2*1H/q2*+1;;/p-2. The van der Waals surface area contributed by atoms with E-state index in [9.17, 15) is 0 Å². The van der Waals surface area contributed by atoms with E-state index >= 15 is 0 Å². The van der Waals surface area contributed by atoms with Gasteiger partial charge >= 0.3 is 0 Å². The molecule has 0 aliphatic rings. The number of nitrogens with zero attached hydrogens (tertiary/aromatic N) is 2. The van der Waals surface area contributed by atoms with Crippen LogP contribution in [0.15, 0.2) is 43.0 Å². The van der Waals surface area contributed by atoms with Crippen LogP contribution in [0.25, 0.3) is 0 Å². The Bertz CT molecular complexity index is 498. The molecule has 0 atom stereocenters. The van der Waals surface area contributed by atoms with Crippen LogP contribution in [0.5, 0.6) is 0 Å². The summed E-state index contributed by atoms with van der Waals surface area (Å²) >= 11 is 0. The topological polar surface area (TPSA) is 0 Å². The molecule has 0 bridgehead atoms. The van der Waals surface area contributed by atoms with Crippen LogP contribution in [0.4, 0.5) is 0 Å². The van der Waals surface area contributed by atoms with Crippen molar-refractivity contribution >= 4 is 0 Å². The van der Waals surface area contributed by atoms with E-state index in [4.69, 9.17) is 0 Å². The average molecular weight is 520 g/mol. The molecule has 1 aromatic carbocycles. The number of likely N-dealkylation sites (N-methyl/N-ethyl adjacent to an activating group) is 1. The van der Waals surface area contributed by atoms with Gasteiger partial charge in [-0.25, -0.2) is 0 Å². The van der Waals surface area contributed by atoms with E-state index < -0.39 is 0 Å². The van der Waals surface area contributed by atoms with Crippen LogP contribution in [-0.2, 0) is 6.54 Å². The lowest BCUT2D eigenvalue weighted by Gasteiger charge is -2.30. The highest BCUT2D eigenvalue weighted by atomic mass is 79.9. The molecule has 31 heavy (non-hydrogen) atoms. The van der Waals surface area contributed by atoms with Crippen LogP contribution < -0.4 is 29.4 Å². The van der Waals surface area contributed by atoms with Gasteiger partial charge in [0.25, 0.3) is 0 Å². The summed E-state index contributed by atoms with van der Waals surface area (Å²) < 4.78 is 2.09. The van der Waals surface area contributed by atoms with E-state index in [1.165, 1.54) is 76.3 Å². The molecule has 4 heteroatoms. The summed E-state index contributed by atoms with van der Waals surface area (Å²) in [4.78, 5) is 0. The van der Waals surface area contributed by atoms with Gasteiger partial charge in [0, 0.05) is 5.56 Å². The molecule has 0 saturated carbocycles. The van der Waals surface area contributed by atoms with Crippen molar-refractivity contribution in [2.75, 3.05) is 48.3 Å². The maximum absolute atomic E-state index is 3.63. The van der Waals surface area contributed by atoms with Crippen LogP contribution in [0.2, 0.25) is 0 Å². The van der Waals surface area contributed by atoms with E-state index in [0.29, 0.717) is 0 Å². The maximum atomic E-state index is 3.63. The first kappa shape index (κ1) is 35.2. The molecule has 1 aromatic rings. The minimum atomic E-state index is 0. The van der Waals surface area contributed by atoms with E-state index in [0.717, 1.165) is 22.1 Å². The quantitative estimate of drug-likeness (QED) is 0.185. The van der Waals surface area contributed by atoms with Crippen molar-refractivity contribution in [2.45, 2.75) is 77.7 Å². The molecule has 0 heterocycles. The van der Waals surface area contributed by atoms with Gasteiger partial charge in [-0.2, -0.15) is 0 Å². The van der Waals surface area contributed by atoms with Gasteiger partial charge in [0.2, 0.25) is 0 Å². The summed E-state index contributed by atoms with van der Waals surface area (Å²) in [6.07, 6.45) is 16.2. The molecule has 0 amide bonds. The SMILES string of the molecule is C=CC[N+](C)(C)C.CCCCCCCCCCCC[N+](C)(C)Cc1ccccc1.[Br-].[Cl-]. The van der Waals surface area contributed by atoms with Crippen molar-refractivity contribution in [2.24, 2.45) is 0 Å². The zero-order valence-electron chi connectivity index (χ0n) is 21.5. The number of unbranched alkanes of at least 4 members (excludes halogenated alkanes) is 9. The van der Waals surface area contributed by atoms with Gasteiger partial charge in [-0.15, -0.1) is 0 Å². The molecule has 0 saturated heterocycles. The Morgan fingerprint density at radius 1 is 0.742 bits per heavy atom. The second-order valence-corrected chi connectivity index (χ2v) is 10.2. The van der Waals surface area contributed by atoms with Gasteiger partial charge in [-0.1, -0.05) is 95.2 Å². The Balaban J connectivity index is -0.000000754. The Morgan fingerprint density at radius 3 is 1.58 bits per heavy atom. The number of hydrogen-bond acceptors (Lipinski definition) is 0. The van der Waals surface area contributed by atoms with Crippen molar-refractivity contribution in [3.8, 4) is 0 Å². The Labute approximate surface area is 212 Å². The van der Waals surface area contributed by atoms with E-state index in [-0.39, 0.29) is 29.4 Å². The second-order valence-electron chi connectivity index (χ2n) is 10.2. The third-order valence-electron chi connectivity index (χ3n) is 5.25. The number of hydrogen-bond donors (Lipinski definition) is 0. The number of benzene rings is 1. The molecule has 0 spiro atoms. The first-order chi connectivity index (χ1) is 13.7. The van der Waals surface area contributed by atoms with Crippen LogP contribution in [-0.4, -0.2) is 57.3 Å². The summed E-state index contributed by atoms with van der Waals surface area (Å²) in [5.41, 5.74) is 1.46. The molecular formula is C27H52BrClN2. The predicted molar refractivity (Wildman–Crippen MR) is 132 cm³/mol. The minimum Gasteiger partial charge on any atom is -1.00 e. The van der Waals surface area contributed by atoms with Crippen molar-refractivity contribution in [3.05, 3.63) is 48.6 Å². The van der Waals surface area contributed by atoms with Gasteiger partial charge in [0.15, 0.2) is 0 Å². The second kappa shape index (κ2) is 21.5. The average Bonchev–Trinajstić information content (AvgIpc) is 2.63. The summed E-state index contributed by atoms with van der Waals surface area (Å²) in [7, 11) is 11.1. The zero-order chi connectivity index (χ0) is 22.0. The first-order valence-corrected chi connectivity index (χ1v) is 12.0. The molecule has 0 aromatic heterocycles. The Hall–Kier alpha value is -0.350.